The molecule has 0 aliphatic carbocycles. The Kier molecular flexibility index (Phi) is 3.90. The summed E-state index contributed by atoms with van der Waals surface area (Å²) in [5, 5.41) is 46.3. The average molecular weight is 224 g/mol. The van der Waals surface area contributed by atoms with E-state index in [-0.39, 0.29) is 18.6 Å². The van der Waals surface area contributed by atoms with Crippen LogP contribution in [0.4, 0.5) is 0 Å². The Balaban J connectivity index is 3.08. The highest BCUT2D eigenvalue weighted by Crippen LogP contribution is 2.40. The van der Waals surface area contributed by atoms with Crippen molar-refractivity contribution in [3.8, 4) is 23.0 Å². The number of hydrogen-bond donors (Lipinski definition) is 5. The minimum absolute atomic E-state index is 0.00550. The third kappa shape index (κ3) is 2.16. The molecule has 6 heteroatoms. The monoisotopic (exact) mass is 224 g/mol. The van der Waals surface area contributed by atoms with E-state index in [4.69, 9.17) is 13.0 Å². The van der Waals surface area contributed by atoms with E-state index < -0.39 is 28.5 Å². The van der Waals surface area contributed by atoms with E-state index in [1.165, 1.54) is 0 Å². The summed E-state index contributed by atoms with van der Waals surface area (Å²) in [6.07, 6.45) is 1.21. The number of unbranched alkanes of at least 4 members (excludes halogenated alkanes) is 1. The zero-order valence-corrected chi connectivity index (χ0v) is 8.64. The van der Waals surface area contributed by atoms with E-state index in [1.807, 2.05) is 0 Å². The maximum absolute atomic E-state index is 9.52. The van der Waals surface area contributed by atoms with E-state index in [0.29, 0.717) is 12.8 Å². The van der Waals surface area contributed by atoms with Crippen LogP contribution in [-0.2, 0) is 6.42 Å². The third-order valence-corrected chi connectivity index (χ3v) is 2.37. The highest BCUT2D eigenvalue weighted by Gasteiger charge is 2.19. The van der Waals surface area contributed by atoms with Gasteiger partial charge in [0.15, 0.2) is 23.0 Å². The van der Waals surface area contributed by atoms with Crippen LogP contribution in [0.2, 0.25) is 0 Å². The summed E-state index contributed by atoms with van der Waals surface area (Å²) in [6, 6.07) is 0. The van der Waals surface area contributed by atoms with Gasteiger partial charge in [0.1, 0.15) is 7.85 Å². The second kappa shape index (κ2) is 4.98. The lowest BCUT2D eigenvalue weighted by Gasteiger charge is -2.13. The summed E-state index contributed by atoms with van der Waals surface area (Å²) >= 11 is 0. The first-order valence-electron chi connectivity index (χ1n) is 4.85. The maximum Gasteiger partial charge on any atom is 0.164 e. The summed E-state index contributed by atoms with van der Waals surface area (Å²) in [7, 11) is 5.25. The van der Waals surface area contributed by atoms with Gasteiger partial charge in [-0.2, -0.15) is 0 Å². The van der Waals surface area contributed by atoms with Crippen LogP contribution in [0.3, 0.4) is 0 Å². The SMILES string of the molecule is [B]c1c(O)c(O)c(CCCCO)c(O)c1O. The van der Waals surface area contributed by atoms with Crippen molar-refractivity contribution < 1.29 is 25.5 Å². The molecule has 0 saturated heterocycles. The molecule has 0 aliphatic rings. The Labute approximate surface area is 94.0 Å². The van der Waals surface area contributed by atoms with Gasteiger partial charge in [-0.1, -0.05) is 0 Å². The first-order chi connectivity index (χ1) is 7.50. The molecular weight excluding hydrogens is 211 g/mol. The number of phenolic OH excluding ortho intramolecular Hbond substituents is 4. The van der Waals surface area contributed by atoms with Crippen LogP contribution in [0.1, 0.15) is 18.4 Å². The van der Waals surface area contributed by atoms with Crippen LogP contribution in [-0.4, -0.2) is 40.0 Å². The van der Waals surface area contributed by atoms with E-state index >= 15 is 0 Å². The minimum atomic E-state index is -0.644. The van der Waals surface area contributed by atoms with Crippen LogP contribution < -0.4 is 5.46 Å². The second-order valence-electron chi connectivity index (χ2n) is 3.47. The fourth-order valence-electron chi connectivity index (χ4n) is 1.42. The van der Waals surface area contributed by atoms with Gasteiger partial charge in [0.05, 0.1) is 0 Å². The fraction of sp³-hybridized carbons (Fsp3) is 0.400. The van der Waals surface area contributed by atoms with Crippen molar-refractivity contribution in [2.75, 3.05) is 6.61 Å². The molecule has 1 aromatic rings. The van der Waals surface area contributed by atoms with Crippen molar-refractivity contribution in [3.63, 3.8) is 0 Å². The molecule has 0 spiro atoms. The lowest BCUT2D eigenvalue weighted by molar-refractivity contribution is 0.283. The quantitative estimate of drug-likeness (QED) is 0.207. The number of hydrogen-bond acceptors (Lipinski definition) is 5. The Bertz CT molecular complexity index is 362. The number of phenols is 4. The number of aromatic hydroxyl groups is 4. The molecule has 0 aromatic heterocycles. The molecular formula is C10H13BO5. The minimum Gasteiger partial charge on any atom is -0.505 e. The van der Waals surface area contributed by atoms with E-state index in [0.717, 1.165) is 0 Å². The third-order valence-electron chi connectivity index (χ3n) is 2.37. The molecule has 0 heterocycles. The molecule has 0 amide bonds. The maximum atomic E-state index is 9.52. The normalized spacial score (nSPS) is 10.6. The summed E-state index contributed by atoms with van der Waals surface area (Å²) in [5.41, 5.74) is -0.432. The molecule has 0 bridgehead atoms. The molecule has 16 heavy (non-hydrogen) atoms. The van der Waals surface area contributed by atoms with Crippen molar-refractivity contribution in [1.29, 1.82) is 0 Å². The van der Waals surface area contributed by atoms with Crippen molar-refractivity contribution in [2.24, 2.45) is 0 Å². The van der Waals surface area contributed by atoms with Crippen LogP contribution in [0.15, 0.2) is 0 Å². The number of benzene rings is 1. The summed E-state index contributed by atoms with van der Waals surface area (Å²) in [5.74, 6) is -2.36. The predicted molar refractivity (Wildman–Crippen MR) is 58.5 cm³/mol. The molecule has 86 valence electrons. The Morgan fingerprint density at radius 1 is 0.812 bits per heavy atom. The van der Waals surface area contributed by atoms with Crippen LogP contribution >= 0.6 is 0 Å². The average Bonchev–Trinajstić information content (AvgIpc) is 2.28. The summed E-state index contributed by atoms with van der Waals surface area (Å²) in [6.45, 7) is -0.00550. The zero-order chi connectivity index (χ0) is 12.3. The van der Waals surface area contributed by atoms with Gasteiger partial charge >= 0.3 is 0 Å². The molecule has 0 atom stereocenters. The lowest BCUT2D eigenvalue weighted by Crippen LogP contribution is -2.06. The molecule has 5 nitrogen and oxygen atoms in total. The molecule has 0 fully saturated rings. The first-order valence-corrected chi connectivity index (χ1v) is 4.85. The van der Waals surface area contributed by atoms with Crippen molar-refractivity contribution in [2.45, 2.75) is 19.3 Å². The molecule has 0 saturated carbocycles. The number of rotatable bonds is 4. The standard InChI is InChI=1S/C10H13BO5/c11-6-9(15)7(13)5(3-1-2-4-12)8(14)10(6)16/h12-16H,1-4H2. The highest BCUT2D eigenvalue weighted by atomic mass is 16.3. The molecule has 2 radical (unpaired) electrons. The smallest absolute Gasteiger partial charge is 0.164 e. The Morgan fingerprint density at radius 2 is 1.31 bits per heavy atom. The highest BCUT2D eigenvalue weighted by molar-refractivity contribution is 6.36. The lowest BCUT2D eigenvalue weighted by atomic mass is 9.90. The largest absolute Gasteiger partial charge is 0.505 e. The molecule has 1 rings (SSSR count). The molecule has 1 aromatic carbocycles. The molecule has 0 unspecified atom stereocenters. The summed E-state index contributed by atoms with van der Waals surface area (Å²) in [4.78, 5) is 0. The Morgan fingerprint density at radius 3 is 1.75 bits per heavy atom. The van der Waals surface area contributed by atoms with Gasteiger partial charge in [0.2, 0.25) is 0 Å². The van der Waals surface area contributed by atoms with Gasteiger partial charge in [-0.15, -0.1) is 0 Å². The van der Waals surface area contributed by atoms with Crippen molar-refractivity contribution >= 4 is 13.3 Å². The number of aliphatic hydroxyl groups is 1. The second-order valence-corrected chi connectivity index (χ2v) is 3.47. The predicted octanol–water partition coefficient (Wildman–Crippen LogP) is -0.382. The molecule has 0 aliphatic heterocycles. The van der Waals surface area contributed by atoms with Gasteiger partial charge < -0.3 is 25.5 Å². The van der Waals surface area contributed by atoms with Gasteiger partial charge in [-0.25, -0.2) is 0 Å². The van der Waals surface area contributed by atoms with E-state index in [9.17, 15) is 20.4 Å². The van der Waals surface area contributed by atoms with Gasteiger partial charge in [-0.05, 0) is 24.7 Å². The van der Waals surface area contributed by atoms with E-state index in [1.54, 1.807) is 0 Å². The van der Waals surface area contributed by atoms with E-state index in [2.05, 4.69) is 0 Å². The first kappa shape index (κ1) is 12.5. The number of aliphatic hydroxyl groups excluding tert-OH is 1. The van der Waals surface area contributed by atoms with Gasteiger partial charge in [0, 0.05) is 12.2 Å². The Hall–Kier alpha value is -1.56. The topological polar surface area (TPSA) is 101 Å². The van der Waals surface area contributed by atoms with Crippen LogP contribution in [0, 0.1) is 0 Å². The zero-order valence-electron chi connectivity index (χ0n) is 8.64. The van der Waals surface area contributed by atoms with Crippen LogP contribution in [0.5, 0.6) is 23.0 Å². The van der Waals surface area contributed by atoms with Gasteiger partial charge in [0.25, 0.3) is 0 Å². The summed E-state index contributed by atoms with van der Waals surface area (Å²) < 4.78 is 0. The van der Waals surface area contributed by atoms with Crippen molar-refractivity contribution in [1.82, 2.24) is 0 Å². The fourth-order valence-corrected chi connectivity index (χ4v) is 1.42. The van der Waals surface area contributed by atoms with Gasteiger partial charge in [-0.3, -0.25) is 0 Å². The van der Waals surface area contributed by atoms with Crippen LogP contribution in [0.25, 0.3) is 0 Å². The van der Waals surface area contributed by atoms with Crippen molar-refractivity contribution in [3.05, 3.63) is 5.56 Å². The molecule has 5 N–H and O–H groups in total.